The molecule has 1 aromatic carbocycles. The van der Waals surface area contributed by atoms with Crippen LogP contribution in [0.15, 0.2) is 24.4 Å². The molecule has 1 fully saturated rings. The van der Waals surface area contributed by atoms with E-state index in [-0.39, 0.29) is 30.8 Å². The smallest absolute Gasteiger partial charge is 0.393 e. The number of aliphatic hydroxyl groups is 1. The minimum absolute atomic E-state index is 0.0994. The maximum atomic E-state index is 13.7. The molecule has 172 valence electrons. The van der Waals surface area contributed by atoms with E-state index in [1.54, 1.807) is 11.1 Å². The van der Waals surface area contributed by atoms with E-state index < -0.39 is 23.6 Å². The van der Waals surface area contributed by atoms with Crippen molar-refractivity contribution in [1.29, 1.82) is 0 Å². The van der Waals surface area contributed by atoms with Crippen LogP contribution in [0.25, 0.3) is 0 Å². The fourth-order valence-electron chi connectivity index (χ4n) is 4.01. The van der Waals surface area contributed by atoms with Crippen molar-refractivity contribution < 1.29 is 27.5 Å². The molecule has 0 saturated heterocycles. The summed E-state index contributed by atoms with van der Waals surface area (Å²) in [6.45, 7) is 0.593. The molecule has 2 heterocycles. The van der Waals surface area contributed by atoms with Crippen LogP contribution in [0, 0.1) is 5.82 Å². The molecule has 0 spiro atoms. The molecule has 1 aliphatic heterocycles. The van der Waals surface area contributed by atoms with E-state index in [2.05, 4.69) is 20.6 Å². The van der Waals surface area contributed by atoms with Crippen molar-refractivity contribution in [1.82, 2.24) is 20.2 Å². The molecule has 2 aliphatic rings. The van der Waals surface area contributed by atoms with Gasteiger partial charge < -0.3 is 20.6 Å². The zero-order valence-corrected chi connectivity index (χ0v) is 17.1. The van der Waals surface area contributed by atoms with Crippen molar-refractivity contribution in [2.45, 2.75) is 57.1 Å². The summed E-state index contributed by atoms with van der Waals surface area (Å²) in [6, 6.07) is 2.28. The summed E-state index contributed by atoms with van der Waals surface area (Å²) in [6.07, 6.45) is -0.571. The molecule has 32 heavy (non-hydrogen) atoms. The molecule has 0 unspecified atom stereocenters. The van der Waals surface area contributed by atoms with Crippen molar-refractivity contribution in [2.75, 3.05) is 11.9 Å². The Morgan fingerprint density at radius 2 is 2.09 bits per heavy atom. The molecule has 1 aliphatic carbocycles. The first-order valence-corrected chi connectivity index (χ1v) is 10.4. The number of aliphatic hydroxyl groups excluding tert-OH is 1. The highest BCUT2D eigenvalue weighted by molar-refractivity contribution is 5.74. The molecule has 0 radical (unpaired) electrons. The molecule has 1 aromatic heterocycles. The van der Waals surface area contributed by atoms with Gasteiger partial charge in [-0.25, -0.2) is 19.2 Å². The van der Waals surface area contributed by atoms with Crippen LogP contribution in [-0.2, 0) is 25.7 Å². The fraction of sp³-hybridized carbons (Fsp3) is 0.476. The minimum atomic E-state index is -4.76. The maximum absolute atomic E-state index is 13.7. The van der Waals surface area contributed by atoms with Crippen LogP contribution in [0.5, 0.6) is 0 Å². The van der Waals surface area contributed by atoms with Gasteiger partial charge in [-0.1, -0.05) is 6.07 Å². The zero-order valence-electron chi connectivity index (χ0n) is 17.1. The Morgan fingerprint density at radius 1 is 1.28 bits per heavy atom. The standard InChI is InChI=1S/C21H23F4N5O2/c22-17-7-12(1-4-16(17)21(23,24)25)9-27-20(32)30-6-5-13-10-26-19(29-18(13)11-30)28-14-2-3-15(31)8-14/h1,4,7,10,14-15,31H,2-3,5-6,8-9,11H2,(H,27,32)(H,26,28,29)/t14-,15-/m0/s1. The average Bonchev–Trinajstić information content (AvgIpc) is 3.15. The number of aromatic nitrogens is 2. The number of urea groups is 1. The highest BCUT2D eigenvalue weighted by atomic mass is 19.4. The molecular formula is C21H23F4N5O2. The fourth-order valence-corrected chi connectivity index (χ4v) is 4.01. The van der Waals surface area contributed by atoms with Crippen LogP contribution in [0.3, 0.4) is 0 Å². The third-order valence-electron chi connectivity index (χ3n) is 5.75. The maximum Gasteiger partial charge on any atom is 0.419 e. The Hall–Kier alpha value is -2.95. The summed E-state index contributed by atoms with van der Waals surface area (Å²) in [4.78, 5) is 22.9. The number of fused-ring (bicyclic) bond motifs is 1. The summed E-state index contributed by atoms with van der Waals surface area (Å²) in [5.41, 5.74) is 0.545. The molecule has 3 N–H and O–H groups in total. The summed E-state index contributed by atoms with van der Waals surface area (Å²) < 4.78 is 51.7. The monoisotopic (exact) mass is 453 g/mol. The van der Waals surface area contributed by atoms with Gasteiger partial charge >= 0.3 is 12.2 Å². The van der Waals surface area contributed by atoms with Crippen molar-refractivity contribution in [3.63, 3.8) is 0 Å². The quantitative estimate of drug-likeness (QED) is 0.619. The predicted molar refractivity (Wildman–Crippen MR) is 107 cm³/mol. The van der Waals surface area contributed by atoms with Gasteiger partial charge in [0, 0.05) is 25.3 Å². The highest BCUT2D eigenvalue weighted by Gasteiger charge is 2.34. The normalized spacial score (nSPS) is 20.7. The average molecular weight is 453 g/mol. The van der Waals surface area contributed by atoms with Crippen LogP contribution in [0.4, 0.5) is 28.3 Å². The highest BCUT2D eigenvalue weighted by Crippen LogP contribution is 2.31. The Kier molecular flexibility index (Phi) is 6.18. The molecular weight excluding hydrogens is 430 g/mol. The van der Waals surface area contributed by atoms with Crippen molar-refractivity contribution in [3.8, 4) is 0 Å². The summed E-state index contributed by atoms with van der Waals surface area (Å²) in [5, 5.41) is 15.5. The Labute approximate surface area is 181 Å². The number of benzene rings is 1. The van der Waals surface area contributed by atoms with E-state index in [4.69, 9.17) is 0 Å². The lowest BCUT2D eigenvalue weighted by molar-refractivity contribution is -0.140. The third kappa shape index (κ3) is 5.09. The van der Waals surface area contributed by atoms with Crippen LogP contribution in [0.1, 0.15) is 41.6 Å². The molecule has 11 heteroatoms. The van der Waals surface area contributed by atoms with E-state index in [9.17, 15) is 27.5 Å². The molecule has 7 nitrogen and oxygen atoms in total. The number of nitrogens with zero attached hydrogens (tertiary/aromatic N) is 3. The number of carbonyl (C=O) groups is 1. The van der Waals surface area contributed by atoms with Crippen LogP contribution < -0.4 is 10.6 Å². The third-order valence-corrected chi connectivity index (χ3v) is 5.75. The summed E-state index contributed by atoms with van der Waals surface area (Å²) in [5.74, 6) is -0.923. The number of hydrogen-bond donors (Lipinski definition) is 3. The van der Waals surface area contributed by atoms with E-state index in [0.717, 1.165) is 30.5 Å². The second-order valence-corrected chi connectivity index (χ2v) is 8.12. The van der Waals surface area contributed by atoms with E-state index in [1.165, 1.54) is 0 Å². The van der Waals surface area contributed by atoms with E-state index in [0.29, 0.717) is 37.1 Å². The number of amides is 2. The molecule has 1 saturated carbocycles. The topological polar surface area (TPSA) is 90.4 Å². The number of anilines is 1. The number of rotatable bonds is 4. The number of carbonyl (C=O) groups excluding carboxylic acids is 1. The zero-order chi connectivity index (χ0) is 22.9. The first kappa shape index (κ1) is 22.3. The number of nitrogens with one attached hydrogen (secondary N) is 2. The SMILES string of the molecule is O=C(NCc1ccc(C(F)(F)F)c(F)c1)N1CCc2cnc(N[C@H]3CC[C@H](O)C3)nc2C1. The molecule has 2 amide bonds. The first-order valence-electron chi connectivity index (χ1n) is 10.4. The van der Waals surface area contributed by atoms with Gasteiger partial charge in [-0.3, -0.25) is 0 Å². The van der Waals surface area contributed by atoms with Gasteiger partial charge in [0.1, 0.15) is 5.82 Å². The minimum Gasteiger partial charge on any atom is -0.393 e. The number of hydrogen-bond acceptors (Lipinski definition) is 5. The van der Waals surface area contributed by atoms with Gasteiger partial charge in [0.05, 0.1) is 23.9 Å². The van der Waals surface area contributed by atoms with Crippen molar-refractivity contribution >= 4 is 12.0 Å². The van der Waals surface area contributed by atoms with Crippen LogP contribution in [0.2, 0.25) is 0 Å². The van der Waals surface area contributed by atoms with Crippen molar-refractivity contribution in [3.05, 3.63) is 52.6 Å². The van der Waals surface area contributed by atoms with Crippen LogP contribution >= 0.6 is 0 Å². The molecule has 2 aromatic rings. The lowest BCUT2D eigenvalue weighted by atomic mass is 10.1. The lowest BCUT2D eigenvalue weighted by Crippen LogP contribution is -2.42. The van der Waals surface area contributed by atoms with Gasteiger partial charge in [-0.2, -0.15) is 13.2 Å². The van der Waals surface area contributed by atoms with Gasteiger partial charge in [-0.05, 0) is 48.9 Å². The lowest BCUT2D eigenvalue weighted by Gasteiger charge is -2.28. The summed E-state index contributed by atoms with van der Waals surface area (Å²) in [7, 11) is 0. The largest absolute Gasteiger partial charge is 0.419 e. The van der Waals surface area contributed by atoms with Gasteiger partial charge in [0.15, 0.2) is 0 Å². The second-order valence-electron chi connectivity index (χ2n) is 8.12. The molecule has 4 rings (SSSR count). The Morgan fingerprint density at radius 3 is 2.78 bits per heavy atom. The Balaban J connectivity index is 1.35. The summed E-state index contributed by atoms with van der Waals surface area (Å²) >= 11 is 0. The first-order chi connectivity index (χ1) is 15.2. The van der Waals surface area contributed by atoms with Gasteiger partial charge in [0.25, 0.3) is 0 Å². The van der Waals surface area contributed by atoms with E-state index >= 15 is 0 Å². The predicted octanol–water partition coefficient (Wildman–Crippen LogP) is 3.23. The number of halogens is 4. The molecule has 0 bridgehead atoms. The number of alkyl halides is 3. The van der Waals surface area contributed by atoms with Gasteiger partial charge in [0.2, 0.25) is 5.95 Å². The van der Waals surface area contributed by atoms with Gasteiger partial charge in [-0.15, -0.1) is 0 Å². The molecule has 2 atom stereocenters. The second kappa shape index (κ2) is 8.89. The van der Waals surface area contributed by atoms with Crippen LogP contribution in [-0.4, -0.2) is 44.7 Å². The van der Waals surface area contributed by atoms with E-state index in [1.807, 2.05) is 0 Å². The Bertz CT molecular complexity index is 1000. The van der Waals surface area contributed by atoms with Crippen molar-refractivity contribution in [2.24, 2.45) is 0 Å².